The molecule has 4 N–H and O–H groups in total. The minimum absolute atomic E-state index is 0.0183. The van der Waals surface area contributed by atoms with Crippen LogP contribution in [0.25, 0.3) is 5.65 Å². The van der Waals surface area contributed by atoms with E-state index in [2.05, 4.69) is 26.0 Å². The van der Waals surface area contributed by atoms with Gasteiger partial charge in [0.1, 0.15) is 22.0 Å². The van der Waals surface area contributed by atoms with E-state index in [4.69, 9.17) is 9.84 Å². The smallest absolute Gasteiger partial charge is 0.345 e. The fourth-order valence-electron chi connectivity index (χ4n) is 3.57. The zero-order valence-electron chi connectivity index (χ0n) is 18.8. The molecule has 37 heavy (non-hydrogen) atoms. The summed E-state index contributed by atoms with van der Waals surface area (Å²) < 4.78 is 20.6. The molecule has 1 aromatic carbocycles. The number of carboxylic acid groups (broad SMARTS) is 1. The van der Waals surface area contributed by atoms with Crippen molar-refractivity contribution in [3.63, 3.8) is 0 Å². The van der Waals surface area contributed by atoms with E-state index in [0.29, 0.717) is 21.9 Å². The third kappa shape index (κ3) is 4.95. The molecule has 0 spiro atoms. The SMILES string of the molecule is O=C1COc2ccc(CNC(=O)c3cc(C(=O)NCc4ccc(C(=O)O)s4)n4ncc(F)c4n3)cc2N1. The first-order valence-corrected chi connectivity index (χ1v) is 11.6. The average Bonchev–Trinajstić information content (AvgIpc) is 3.52. The molecule has 0 aliphatic carbocycles. The van der Waals surface area contributed by atoms with Crippen LogP contribution in [0.2, 0.25) is 0 Å². The summed E-state index contributed by atoms with van der Waals surface area (Å²) in [7, 11) is 0. The molecule has 14 heteroatoms. The molecule has 1 aliphatic heterocycles. The van der Waals surface area contributed by atoms with Crippen molar-refractivity contribution in [2.45, 2.75) is 13.1 Å². The van der Waals surface area contributed by atoms with Crippen molar-refractivity contribution in [3.05, 3.63) is 75.1 Å². The van der Waals surface area contributed by atoms with Crippen LogP contribution in [0.4, 0.5) is 10.1 Å². The minimum atomic E-state index is -1.07. The fourth-order valence-corrected chi connectivity index (χ4v) is 4.36. The number of halogens is 1. The first-order valence-electron chi connectivity index (χ1n) is 10.8. The zero-order chi connectivity index (χ0) is 26.1. The van der Waals surface area contributed by atoms with Crippen molar-refractivity contribution in [2.75, 3.05) is 11.9 Å². The molecular formula is C23H17FN6O6S. The Labute approximate surface area is 211 Å². The summed E-state index contributed by atoms with van der Waals surface area (Å²) in [5, 5.41) is 20.8. The predicted octanol–water partition coefficient (Wildman–Crippen LogP) is 1.82. The minimum Gasteiger partial charge on any atom is -0.482 e. The van der Waals surface area contributed by atoms with Gasteiger partial charge in [-0.1, -0.05) is 6.07 Å². The molecule has 3 aromatic heterocycles. The maximum Gasteiger partial charge on any atom is 0.345 e. The van der Waals surface area contributed by atoms with E-state index in [-0.39, 0.29) is 47.5 Å². The number of carbonyl (C=O) groups is 4. The third-order valence-electron chi connectivity index (χ3n) is 5.32. The number of nitrogens with one attached hydrogen (secondary N) is 3. The van der Waals surface area contributed by atoms with Gasteiger partial charge in [-0.15, -0.1) is 11.3 Å². The molecule has 0 unspecified atom stereocenters. The Balaban J connectivity index is 1.33. The molecule has 4 aromatic rings. The molecule has 4 heterocycles. The highest BCUT2D eigenvalue weighted by Gasteiger charge is 2.21. The van der Waals surface area contributed by atoms with Crippen molar-refractivity contribution in [2.24, 2.45) is 0 Å². The predicted molar refractivity (Wildman–Crippen MR) is 127 cm³/mol. The van der Waals surface area contributed by atoms with Crippen molar-refractivity contribution in [1.82, 2.24) is 25.2 Å². The Morgan fingerprint density at radius 3 is 2.73 bits per heavy atom. The van der Waals surface area contributed by atoms with E-state index in [1.165, 1.54) is 12.1 Å². The summed E-state index contributed by atoms with van der Waals surface area (Å²) >= 11 is 1.00. The molecule has 188 valence electrons. The van der Waals surface area contributed by atoms with E-state index < -0.39 is 23.6 Å². The van der Waals surface area contributed by atoms with Crippen LogP contribution < -0.4 is 20.7 Å². The lowest BCUT2D eigenvalue weighted by Gasteiger charge is -2.18. The number of anilines is 1. The lowest BCUT2D eigenvalue weighted by atomic mass is 10.1. The summed E-state index contributed by atoms with van der Waals surface area (Å²) in [5.74, 6) is -3.01. The van der Waals surface area contributed by atoms with Crippen molar-refractivity contribution < 1.29 is 33.4 Å². The zero-order valence-corrected chi connectivity index (χ0v) is 19.6. The Morgan fingerprint density at radius 2 is 1.95 bits per heavy atom. The Bertz CT molecular complexity index is 1580. The van der Waals surface area contributed by atoms with E-state index in [9.17, 15) is 23.6 Å². The van der Waals surface area contributed by atoms with Gasteiger partial charge in [-0.3, -0.25) is 14.4 Å². The summed E-state index contributed by atoms with van der Waals surface area (Å²) in [6, 6.07) is 9.21. The lowest BCUT2D eigenvalue weighted by Crippen LogP contribution is -2.28. The van der Waals surface area contributed by atoms with E-state index >= 15 is 0 Å². The number of benzene rings is 1. The maximum absolute atomic E-state index is 14.3. The summed E-state index contributed by atoms with van der Waals surface area (Å²) in [6.07, 6.45) is 0.878. The number of aromatic carboxylic acids is 1. The van der Waals surface area contributed by atoms with E-state index in [1.54, 1.807) is 24.3 Å². The van der Waals surface area contributed by atoms with Gasteiger partial charge in [0.05, 0.1) is 18.4 Å². The largest absolute Gasteiger partial charge is 0.482 e. The van der Waals surface area contributed by atoms with Gasteiger partial charge >= 0.3 is 5.97 Å². The number of aromatic nitrogens is 3. The van der Waals surface area contributed by atoms with Crippen LogP contribution in [-0.4, -0.2) is 50.0 Å². The molecule has 12 nitrogen and oxygen atoms in total. The summed E-state index contributed by atoms with van der Waals surface area (Å²) in [5.41, 5.74) is 0.475. The van der Waals surface area contributed by atoms with Crippen LogP contribution in [0.5, 0.6) is 5.75 Å². The standard InChI is InChI=1S/C23H17FN6O6S/c24-13-9-27-30-16(22(33)26-8-12-2-4-18(37-12)23(34)35)6-15(29-20(13)30)21(32)25-7-11-1-3-17-14(5-11)28-19(31)10-36-17/h1-6,9H,7-8,10H2,(H,25,32)(H,26,33)(H,28,31)(H,34,35). The number of thiophene rings is 1. The maximum atomic E-state index is 14.3. The normalized spacial score (nSPS) is 12.4. The van der Waals surface area contributed by atoms with Crippen LogP contribution in [0.15, 0.2) is 42.6 Å². The van der Waals surface area contributed by atoms with Gasteiger partial charge in [0.25, 0.3) is 17.7 Å². The molecule has 0 fully saturated rings. The van der Waals surface area contributed by atoms with Gasteiger partial charge in [0.2, 0.25) is 0 Å². The number of rotatable bonds is 7. The number of carbonyl (C=O) groups excluding carboxylic acids is 3. The third-order valence-corrected chi connectivity index (χ3v) is 6.39. The molecule has 0 radical (unpaired) electrons. The topological polar surface area (TPSA) is 164 Å². The number of carboxylic acids is 1. The van der Waals surface area contributed by atoms with Crippen molar-refractivity contribution in [1.29, 1.82) is 0 Å². The first-order chi connectivity index (χ1) is 17.8. The van der Waals surface area contributed by atoms with Crippen LogP contribution in [0.3, 0.4) is 0 Å². The number of fused-ring (bicyclic) bond motifs is 2. The van der Waals surface area contributed by atoms with Crippen LogP contribution in [0.1, 0.15) is 41.1 Å². The molecule has 0 saturated heterocycles. The van der Waals surface area contributed by atoms with Crippen LogP contribution >= 0.6 is 11.3 Å². The number of nitrogens with zero attached hydrogens (tertiary/aromatic N) is 3. The average molecular weight is 524 g/mol. The number of hydrogen-bond donors (Lipinski definition) is 4. The fraction of sp³-hybridized carbons (Fsp3) is 0.130. The summed E-state index contributed by atoms with van der Waals surface area (Å²) in [4.78, 5) is 53.0. The van der Waals surface area contributed by atoms with E-state index in [0.717, 1.165) is 22.0 Å². The number of ether oxygens (including phenoxy) is 1. The molecule has 0 bridgehead atoms. The van der Waals surface area contributed by atoms with Crippen LogP contribution in [0, 0.1) is 5.82 Å². The molecule has 0 atom stereocenters. The quantitative estimate of drug-likeness (QED) is 0.284. The van der Waals surface area contributed by atoms with Gasteiger partial charge in [0.15, 0.2) is 18.1 Å². The Kier molecular flexibility index (Phi) is 6.23. The monoisotopic (exact) mass is 524 g/mol. The van der Waals surface area contributed by atoms with Crippen molar-refractivity contribution in [3.8, 4) is 5.75 Å². The van der Waals surface area contributed by atoms with Gasteiger partial charge in [0, 0.05) is 17.5 Å². The molecule has 5 rings (SSSR count). The Hall–Kier alpha value is -4.85. The second-order valence-electron chi connectivity index (χ2n) is 7.86. The van der Waals surface area contributed by atoms with Gasteiger partial charge in [-0.2, -0.15) is 5.10 Å². The van der Waals surface area contributed by atoms with Gasteiger partial charge in [-0.25, -0.2) is 18.7 Å². The lowest BCUT2D eigenvalue weighted by molar-refractivity contribution is -0.118. The van der Waals surface area contributed by atoms with Crippen LogP contribution in [-0.2, 0) is 17.9 Å². The number of hydrogen-bond acceptors (Lipinski definition) is 8. The highest BCUT2D eigenvalue weighted by atomic mass is 32.1. The summed E-state index contributed by atoms with van der Waals surface area (Å²) in [6.45, 7) is 0.00184. The molecular weight excluding hydrogens is 507 g/mol. The van der Waals surface area contributed by atoms with Crippen molar-refractivity contribution >= 4 is 46.4 Å². The molecule has 1 aliphatic rings. The van der Waals surface area contributed by atoms with E-state index in [1.807, 2.05) is 0 Å². The highest BCUT2D eigenvalue weighted by Crippen LogP contribution is 2.28. The molecule has 0 saturated carbocycles. The van der Waals surface area contributed by atoms with Gasteiger partial charge < -0.3 is 25.8 Å². The second-order valence-corrected chi connectivity index (χ2v) is 9.03. The first kappa shape index (κ1) is 23.9. The number of amides is 3. The van der Waals surface area contributed by atoms with Gasteiger partial charge in [-0.05, 0) is 29.8 Å². The Morgan fingerprint density at radius 1 is 1.14 bits per heavy atom. The highest BCUT2D eigenvalue weighted by molar-refractivity contribution is 7.13. The molecule has 3 amide bonds. The second kappa shape index (κ2) is 9.66.